The lowest BCUT2D eigenvalue weighted by atomic mass is 10.2. The largest absolute Gasteiger partial charge is 0.492 e. The first-order chi connectivity index (χ1) is 15.3. The van der Waals surface area contributed by atoms with E-state index >= 15 is 0 Å². The predicted octanol–water partition coefficient (Wildman–Crippen LogP) is 2.38. The topological polar surface area (TPSA) is 118 Å². The number of amides is 1. The van der Waals surface area contributed by atoms with Gasteiger partial charge in [-0.15, -0.1) is 0 Å². The van der Waals surface area contributed by atoms with Gasteiger partial charge in [-0.2, -0.15) is 9.57 Å². The van der Waals surface area contributed by atoms with Crippen LogP contribution in [0.15, 0.2) is 47.4 Å². The van der Waals surface area contributed by atoms with Crippen molar-refractivity contribution in [3.05, 3.63) is 48.0 Å². The fraction of sp³-hybridized carbons (Fsp3) is 0.364. The standard InChI is InChI=1S/C22H25N3O6S/c1-3-30-20-8-7-18(14-21(20)32(27,28)25-9-11-29-12-10-25)24-22(26)16(2)31-19-6-4-5-17(13-19)15-23/h4-8,13-14,16H,3,9-12H2,1-2H3,(H,24,26). The molecule has 1 aliphatic rings. The highest BCUT2D eigenvalue weighted by Crippen LogP contribution is 2.30. The lowest BCUT2D eigenvalue weighted by Crippen LogP contribution is -2.40. The fourth-order valence-corrected chi connectivity index (χ4v) is 4.69. The Morgan fingerprint density at radius 2 is 2.00 bits per heavy atom. The van der Waals surface area contributed by atoms with Gasteiger partial charge >= 0.3 is 0 Å². The number of nitrogens with zero attached hydrogens (tertiary/aromatic N) is 2. The van der Waals surface area contributed by atoms with Gasteiger partial charge in [-0.25, -0.2) is 8.42 Å². The Morgan fingerprint density at radius 3 is 2.69 bits per heavy atom. The summed E-state index contributed by atoms with van der Waals surface area (Å²) in [7, 11) is -3.83. The molecule has 0 saturated carbocycles. The number of benzene rings is 2. The molecule has 9 nitrogen and oxygen atoms in total. The molecule has 0 bridgehead atoms. The number of ether oxygens (including phenoxy) is 3. The van der Waals surface area contributed by atoms with Gasteiger partial charge in [0.15, 0.2) is 6.10 Å². The number of anilines is 1. The summed E-state index contributed by atoms with van der Waals surface area (Å²) in [4.78, 5) is 12.6. The summed E-state index contributed by atoms with van der Waals surface area (Å²) in [6, 6.07) is 13.0. The maximum atomic E-state index is 13.2. The van der Waals surface area contributed by atoms with Crippen molar-refractivity contribution in [3.63, 3.8) is 0 Å². The van der Waals surface area contributed by atoms with Crippen molar-refractivity contribution in [1.29, 1.82) is 5.26 Å². The number of rotatable bonds is 8. The van der Waals surface area contributed by atoms with Gasteiger partial charge in [-0.1, -0.05) is 6.07 Å². The van der Waals surface area contributed by atoms with Gasteiger partial charge in [0.1, 0.15) is 16.4 Å². The van der Waals surface area contributed by atoms with Crippen LogP contribution in [0.2, 0.25) is 0 Å². The average Bonchev–Trinajstić information content (AvgIpc) is 2.80. The molecule has 3 rings (SSSR count). The Hall–Kier alpha value is -3.13. The molecule has 1 heterocycles. The highest BCUT2D eigenvalue weighted by molar-refractivity contribution is 7.89. The maximum Gasteiger partial charge on any atom is 0.265 e. The second-order valence-corrected chi connectivity index (χ2v) is 8.91. The Bertz CT molecular complexity index is 1110. The van der Waals surface area contributed by atoms with E-state index in [1.807, 2.05) is 6.07 Å². The molecule has 1 atom stereocenters. The third kappa shape index (κ3) is 5.56. The Kier molecular flexibility index (Phi) is 7.69. The van der Waals surface area contributed by atoms with Gasteiger partial charge in [0, 0.05) is 18.8 Å². The SMILES string of the molecule is CCOc1ccc(NC(=O)C(C)Oc2cccc(C#N)c2)cc1S(=O)(=O)N1CCOCC1. The highest BCUT2D eigenvalue weighted by Gasteiger charge is 2.30. The molecule has 1 amide bonds. The van der Waals surface area contributed by atoms with Crippen LogP contribution in [0.25, 0.3) is 0 Å². The van der Waals surface area contributed by atoms with Gasteiger partial charge < -0.3 is 19.5 Å². The van der Waals surface area contributed by atoms with E-state index in [1.54, 1.807) is 38.1 Å². The van der Waals surface area contributed by atoms with Crippen molar-refractivity contribution in [3.8, 4) is 17.6 Å². The van der Waals surface area contributed by atoms with E-state index in [0.29, 0.717) is 36.8 Å². The monoisotopic (exact) mass is 459 g/mol. The smallest absolute Gasteiger partial charge is 0.265 e. The summed E-state index contributed by atoms with van der Waals surface area (Å²) in [5.41, 5.74) is 0.714. The van der Waals surface area contributed by atoms with Crippen LogP contribution in [0, 0.1) is 11.3 Å². The lowest BCUT2D eigenvalue weighted by molar-refractivity contribution is -0.122. The van der Waals surface area contributed by atoms with E-state index in [2.05, 4.69) is 5.32 Å². The first-order valence-electron chi connectivity index (χ1n) is 10.2. The first kappa shape index (κ1) is 23.5. The van der Waals surface area contributed by atoms with Crippen molar-refractivity contribution < 1.29 is 27.4 Å². The van der Waals surface area contributed by atoms with Gasteiger partial charge in [0.05, 0.1) is 31.5 Å². The zero-order valence-electron chi connectivity index (χ0n) is 17.9. The number of carbonyl (C=O) groups excluding carboxylic acids is 1. The summed E-state index contributed by atoms with van der Waals surface area (Å²) < 4.78 is 44.1. The molecule has 0 radical (unpaired) electrons. The van der Waals surface area contributed by atoms with E-state index in [0.717, 1.165) is 0 Å². The Balaban J connectivity index is 1.79. The molecule has 1 aliphatic heterocycles. The zero-order valence-corrected chi connectivity index (χ0v) is 18.7. The number of carbonyl (C=O) groups is 1. The second kappa shape index (κ2) is 10.5. The number of hydrogen-bond acceptors (Lipinski definition) is 7. The quantitative estimate of drug-likeness (QED) is 0.644. The van der Waals surface area contributed by atoms with E-state index in [1.165, 1.54) is 22.5 Å². The van der Waals surface area contributed by atoms with Crippen molar-refractivity contribution >= 4 is 21.6 Å². The number of sulfonamides is 1. The van der Waals surface area contributed by atoms with Gasteiger partial charge in [-0.05, 0) is 50.2 Å². The van der Waals surface area contributed by atoms with Crippen LogP contribution in [-0.2, 0) is 19.6 Å². The molecule has 1 saturated heterocycles. The first-order valence-corrected chi connectivity index (χ1v) is 11.6. The van der Waals surface area contributed by atoms with E-state index in [4.69, 9.17) is 19.5 Å². The van der Waals surface area contributed by atoms with Crippen LogP contribution in [0.3, 0.4) is 0 Å². The van der Waals surface area contributed by atoms with Crippen molar-refractivity contribution in [2.75, 3.05) is 38.2 Å². The van der Waals surface area contributed by atoms with E-state index in [-0.39, 0.29) is 23.7 Å². The summed E-state index contributed by atoms with van der Waals surface area (Å²) in [6.07, 6.45) is -0.880. The summed E-state index contributed by atoms with van der Waals surface area (Å²) in [6.45, 7) is 4.76. The Labute approximate surface area is 187 Å². The maximum absolute atomic E-state index is 13.2. The number of nitriles is 1. The van der Waals surface area contributed by atoms with Crippen LogP contribution < -0.4 is 14.8 Å². The van der Waals surface area contributed by atoms with Crippen LogP contribution in [0.4, 0.5) is 5.69 Å². The molecule has 1 unspecified atom stereocenters. The molecule has 170 valence electrons. The zero-order chi connectivity index (χ0) is 23.1. The van der Waals surface area contributed by atoms with Crippen molar-refractivity contribution in [1.82, 2.24) is 4.31 Å². The van der Waals surface area contributed by atoms with E-state index in [9.17, 15) is 13.2 Å². The van der Waals surface area contributed by atoms with Crippen LogP contribution in [-0.4, -0.2) is 57.6 Å². The average molecular weight is 460 g/mol. The highest BCUT2D eigenvalue weighted by atomic mass is 32.2. The molecule has 1 fully saturated rings. The Morgan fingerprint density at radius 1 is 1.25 bits per heavy atom. The van der Waals surface area contributed by atoms with Gasteiger partial charge in [0.2, 0.25) is 10.0 Å². The summed E-state index contributed by atoms with van der Waals surface area (Å²) in [5, 5.41) is 11.7. The normalized spacial score (nSPS) is 15.4. The minimum absolute atomic E-state index is 0.0191. The molecule has 10 heteroatoms. The fourth-order valence-electron chi connectivity index (χ4n) is 3.13. The summed E-state index contributed by atoms with van der Waals surface area (Å²) >= 11 is 0. The molecule has 1 N–H and O–H groups in total. The molecule has 2 aromatic rings. The van der Waals surface area contributed by atoms with Gasteiger partial charge in [0.25, 0.3) is 5.91 Å². The van der Waals surface area contributed by atoms with Crippen LogP contribution >= 0.6 is 0 Å². The second-order valence-electron chi connectivity index (χ2n) is 7.00. The van der Waals surface area contributed by atoms with Crippen molar-refractivity contribution in [2.45, 2.75) is 24.8 Å². The molecular weight excluding hydrogens is 434 g/mol. The minimum atomic E-state index is -3.83. The number of nitrogens with one attached hydrogen (secondary N) is 1. The molecular formula is C22H25N3O6S. The predicted molar refractivity (Wildman–Crippen MR) is 117 cm³/mol. The third-order valence-electron chi connectivity index (χ3n) is 4.74. The van der Waals surface area contributed by atoms with E-state index < -0.39 is 22.0 Å². The van der Waals surface area contributed by atoms with Gasteiger partial charge in [-0.3, -0.25) is 4.79 Å². The molecule has 32 heavy (non-hydrogen) atoms. The lowest BCUT2D eigenvalue weighted by Gasteiger charge is -2.27. The number of hydrogen-bond donors (Lipinski definition) is 1. The number of morpholine rings is 1. The molecule has 0 aliphatic carbocycles. The van der Waals surface area contributed by atoms with Crippen molar-refractivity contribution in [2.24, 2.45) is 0 Å². The third-order valence-corrected chi connectivity index (χ3v) is 6.66. The minimum Gasteiger partial charge on any atom is -0.492 e. The van der Waals surface area contributed by atoms with Crippen LogP contribution in [0.1, 0.15) is 19.4 Å². The molecule has 0 spiro atoms. The van der Waals surface area contributed by atoms with Crippen LogP contribution in [0.5, 0.6) is 11.5 Å². The molecule has 2 aromatic carbocycles. The summed E-state index contributed by atoms with van der Waals surface area (Å²) in [5.74, 6) is 0.134. The molecule has 0 aromatic heterocycles.